The van der Waals surface area contributed by atoms with Crippen LogP contribution in [-0.4, -0.2) is 40.3 Å². The third kappa shape index (κ3) is 5.58. The zero-order valence-corrected chi connectivity index (χ0v) is 14.9. The minimum Gasteiger partial charge on any atom is -0.497 e. The normalized spacial score (nSPS) is 11.8. The number of carbonyl (C=O) groups is 2. The van der Waals surface area contributed by atoms with Crippen molar-refractivity contribution in [3.8, 4) is 17.1 Å². The predicted molar refractivity (Wildman–Crippen MR) is 93.7 cm³/mol. The largest absolute Gasteiger partial charge is 0.497 e. The predicted octanol–water partition coefficient (Wildman–Crippen LogP) is 2.44. The van der Waals surface area contributed by atoms with Crippen molar-refractivity contribution in [2.45, 2.75) is 45.1 Å². The van der Waals surface area contributed by atoms with E-state index in [2.05, 4.69) is 15.5 Å². The van der Waals surface area contributed by atoms with Crippen molar-refractivity contribution in [3.05, 3.63) is 30.2 Å². The molecule has 8 nitrogen and oxygen atoms in total. The van der Waals surface area contributed by atoms with Crippen LogP contribution in [0, 0.1) is 0 Å². The van der Waals surface area contributed by atoms with Crippen LogP contribution < -0.4 is 10.1 Å². The molecule has 1 amide bonds. The SMILES string of the molecule is CCCC[C@H](NC(=O)CCc1nc(-c2ccc(OC)cc2)no1)C(=O)O. The van der Waals surface area contributed by atoms with Crippen LogP contribution in [0.3, 0.4) is 0 Å². The molecule has 0 saturated heterocycles. The van der Waals surface area contributed by atoms with Gasteiger partial charge in [-0.15, -0.1) is 0 Å². The van der Waals surface area contributed by atoms with Crippen LogP contribution in [0.4, 0.5) is 0 Å². The first-order valence-electron chi connectivity index (χ1n) is 8.52. The number of unbranched alkanes of at least 4 members (excludes halogenated alkanes) is 1. The highest BCUT2D eigenvalue weighted by Crippen LogP contribution is 2.20. The van der Waals surface area contributed by atoms with E-state index in [9.17, 15) is 9.59 Å². The van der Waals surface area contributed by atoms with Crippen LogP contribution in [-0.2, 0) is 16.0 Å². The zero-order valence-electron chi connectivity index (χ0n) is 14.9. The first kappa shape index (κ1) is 19.4. The first-order chi connectivity index (χ1) is 12.5. The number of carboxylic acid groups (broad SMARTS) is 1. The van der Waals surface area contributed by atoms with E-state index in [1.807, 2.05) is 19.1 Å². The van der Waals surface area contributed by atoms with Gasteiger partial charge in [0.15, 0.2) is 0 Å². The van der Waals surface area contributed by atoms with E-state index in [0.717, 1.165) is 24.2 Å². The maximum absolute atomic E-state index is 12.0. The molecule has 0 saturated carbocycles. The number of hydrogen-bond donors (Lipinski definition) is 2. The Morgan fingerprint density at radius 2 is 2.04 bits per heavy atom. The highest BCUT2D eigenvalue weighted by atomic mass is 16.5. The molecule has 140 valence electrons. The summed E-state index contributed by atoms with van der Waals surface area (Å²) in [5.74, 6) is 0.107. The Morgan fingerprint density at radius 3 is 2.65 bits per heavy atom. The molecule has 1 aromatic carbocycles. The number of aromatic nitrogens is 2. The van der Waals surface area contributed by atoms with E-state index in [1.54, 1.807) is 19.2 Å². The van der Waals surface area contributed by atoms with Gasteiger partial charge in [0.2, 0.25) is 17.6 Å². The number of carbonyl (C=O) groups excluding carboxylic acids is 1. The van der Waals surface area contributed by atoms with Gasteiger partial charge in [-0.25, -0.2) is 4.79 Å². The fraction of sp³-hybridized carbons (Fsp3) is 0.444. The third-order valence-electron chi connectivity index (χ3n) is 3.86. The molecule has 2 rings (SSSR count). The van der Waals surface area contributed by atoms with Gasteiger partial charge in [0, 0.05) is 18.4 Å². The number of hydrogen-bond acceptors (Lipinski definition) is 6. The topological polar surface area (TPSA) is 115 Å². The molecule has 0 unspecified atom stereocenters. The van der Waals surface area contributed by atoms with Crippen molar-refractivity contribution in [2.24, 2.45) is 0 Å². The number of nitrogens with one attached hydrogen (secondary N) is 1. The van der Waals surface area contributed by atoms with E-state index in [0.29, 0.717) is 18.1 Å². The molecule has 0 aliphatic heterocycles. The van der Waals surface area contributed by atoms with Crippen molar-refractivity contribution in [1.82, 2.24) is 15.5 Å². The number of aryl methyl sites for hydroxylation is 1. The van der Waals surface area contributed by atoms with Crippen molar-refractivity contribution in [3.63, 3.8) is 0 Å². The molecule has 0 aliphatic rings. The molecule has 0 bridgehead atoms. The second-order valence-corrected chi connectivity index (χ2v) is 5.84. The van der Waals surface area contributed by atoms with Gasteiger partial charge in [0.05, 0.1) is 7.11 Å². The summed E-state index contributed by atoms with van der Waals surface area (Å²) >= 11 is 0. The number of methoxy groups -OCH3 is 1. The average molecular weight is 361 g/mol. The van der Waals surface area contributed by atoms with Gasteiger partial charge in [-0.1, -0.05) is 24.9 Å². The van der Waals surface area contributed by atoms with Crippen molar-refractivity contribution >= 4 is 11.9 Å². The molecule has 0 radical (unpaired) electrons. The van der Waals surface area contributed by atoms with Crippen molar-refractivity contribution < 1.29 is 24.0 Å². The van der Waals surface area contributed by atoms with Gasteiger partial charge in [-0.05, 0) is 30.7 Å². The first-order valence-corrected chi connectivity index (χ1v) is 8.52. The summed E-state index contributed by atoms with van der Waals surface area (Å²) in [7, 11) is 1.59. The van der Waals surface area contributed by atoms with E-state index in [1.165, 1.54) is 0 Å². The summed E-state index contributed by atoms with van der Waals surface area (Å²) < 4.78 is 10.3. The van der Waals surface area contributed by atoms with E-state index in [4.69, 9.17) is 14.4 Å². The minimum atomic E-state index is -1.02. The number of ether oxygens (including phenoxy) is 1. The molecular weight excluding hydrogens is 338 g/mol. The standard InChI is InChI=1S/C18H23N3O5/c1-3-4-5-14(18(23)24)19-15(22)10-11-16-20-17(21-26-16)12-6-8-13(25-2)9-7-12/h6-9,14H,3-5,10-11H2,1-2H3,(H,19,22)(H,23,24)/t14-/m0/s1. The maximum Gasteiger partial charge on any atom is 0.326 e. The van der Waals surface area contributed by atoms with Crippen molar-refractivity contribution in [2.75, 3.05) is 7.11 Å². The molecule has 0 fully saturated rings. The summed E-state index contributed by atoms with van der Waals surface area (Å²) in [6.07, 6.45) is 2.36. The smallest absolute Gasteiger partial charge is 0.326 e. The third-order valence-corrected chi connectivity index (χ3v) is 3.86. The van der Waals surface area contributed by atoms with Crippen LogP contribution in [0.2, 0.25) is 0 Å². The highest BCUT2D eigenvalue weighted by molar-refractivity contribution is 5.83. The van der Waals surface area contributed by atoms with Crippen LogP contribution in [0.15, 0.2) is 28.8 Å². The zero-order chi connectivity index (χ0) is 18.9. The van der Waals surface area contributed by atoms with Crippen LogP contribution >= 0.6 is 0 Å². The van der Waals surface area contributed by atoms with E-state index in [-0.39, 0.29) is 18.7 Å². The molecule has 26 heavy (non-hydrogen) atoms. The maximum atomic E-state index is 12.0. The number of benzene rings is 1. The summed E-state index contributed by atoms with van der Waals surface area (Å²) in [6.45, 7) is 1.97. The molecule has 0 spiro atoms. The fourth-order valence-electron chi connectivity index (χ4n) is 2.37. The Labute approximate surface area is 151 Å². The molecule has 1 heterocycles. The summed E-state index contributed by atoms with van der Waals surface area (Å²) in [6, 6.07) is 6.35. The Morgan fingerprint density at radius 1 is 1.31 bits per heavy atom. The second-order valence-electron chi connectivity index (χ2n) is 5.84. The van der Waals surface area contributed by atoms with Crippen LogP contribution in [0.25, 0.3) is 11.4 Å². The summed E-state index contributed by atoms with van der Waals surface area (Å²) in [5, 5.41) is 15.6. The summed E-state index contributed by atoms with van der Waals surface area (Å²) in [4.78, 5) is 27.4. The number of rotatable bonds is 10. The average Bonchev–Trinajstić information content (AvgIpc) is 3.12. The number of carboxylic acids is 1. The Bertz CT molecular complexity index is 727. The van der Waals surface area contributed by atoms with Crippen molar-refractivity contribution in [1.29, 1.82) is 0 Å². The quantitative estimate of drug-likeness (QED) is 0.668. The van der Waals surface area contributed by atoms with Gasteiger partial charge >= 0.3 is 5.97 Å². The fourth-order valence-corrected chi connectivity index (χ4v) is 2.37. The Hall–Kier alpha value is -2.90. The molecule has 0 aliphatic carbocycles. The molecular formula is C18H23N3O5. The molecule has 2 N–H and O–H groups in total. The molecule has 8 heteroatoms. The van der Waals surface area contributed by atoms with Crippen LogP contribution in [0.5, 0.6) is 5.75 Å². The lowest BCUT2D eigenvalue weighted by Gasteiger charge is -2.13. The molecule has 1 aromatic heterocycles. The Kier molecular flexibility index (Phi) is 7.13. The van der Waals surface area contributed by atoms with Gasteiger partial charge in [-0.3, -0.25) is 4.79 Å². The van der Waals surface area contributed by atoms with Gasteiger partial charge < -0.3 is 19.7 Å². The lowest BCUT2D eigenvalue weighted by atomic mass is 10.1. The molecule has 1 atom stereocenters. The number of amides is 1. The lowest BCUT2D eigenvalue weighted by molar-refractivity contribution is -0.142. The van der Waals surface area contributed by atoms with E-state index >= 15 is 0 Å². The monoisotopic (exact) mass is 361 g/mol. The highest BCUT2D eigenvalue weighted by Gasteiger charge is 2.19. The lowest BCUT2D eigenvalue weighted by Crippen LogP contribution is -2.40. The van der Waals surface area contributed by atoms with E-state index < -0.39 is 12.0 Å². The van der Waals surface area contributed by atoms with Gasteiger partial charge in [0.1, 0.15) is 11.8 Å². The van der Waals surface area contributed by atoms with Gasteiger partial charge in [-0.2, -0.15) is 4.98 Å². The summed E-state index contributed by atoms with van der Waals surface area (Å²) in [5.41, 5.74) is 0.774. The second kappa shape index (κ2) is 9.55. The number of nitrogens with zero attached hydrogens (tertiary/aromatic N) is 2. The molecule has 2 aromatic rings. The van der Waals surface area contributed by atoms with Gasteiger partial charge in [0.25, 0.3) is 0 Å². The van der Waals surface area contributed by atoms with Crippen LogP contribution in [0.1, 0.15) is 38.5 Å². The number of aliphatic carboxylic acids is 1. The minimum absolute atomic E-state index is 0.0835. The Balaban J connectivity index is 1.88.